The van der Waals surface area contributed by atoms with Crippen LogP contribution in [0.15, 0.2) is 94.5 Å². The molecule has 0 saturated heterocycles. The maximum Gasteiger partial charge on any atom is 0.418 e. The molecule has 35 heavy (non-hydrogen) atoms. The van der Waals surface area contributed by atoms with Gasteiger partial charge in [0, 0.05) is 11.3 Å². The fourth-order valence-electron chi connectivity index (χ4n) is 3.30. The first-order valence-electron chi connectivity index (χ1n) is 10.1. The van der Waals surface area contributed by atoms with E-state index >= 15 is 0 Å². The highest BCUT2D eigenvalue weighted by Gasteiger charge is 2.33. The second-order valence-electron chi connectivity index (χ2n) is 7.31. The molecule has 3 N–H and O–H groups in total. The van der Waals surface area contributed by atoms with E-state index in [0.717, 1.165) is 12.1 Å². The summed E-state index contributed by atoms with van der Waals surface area (Å²) in [5, 5.41) is 8.31. The van der Waals surface area contributed by atoms with Crippen molar-refractivity contribution in [1.29, 1.82) is 0 Å². The number of anilines is 3. The van der Waals surface area contributed by atoms with Crippen LogP contribution in [0.5, 0.6) is 0 Å². The number of benzene rings is 3. The topological polar surface area (TPSA) is 87.3 Å². The van der Waals surface area contributed by atoms with Crippen molar-refractivity contribution >= 4 is 44.5 Å². The van der Waals surface area contributed by atoms with Gasteiger partial charge in [-0.15, -0.1) is 0 Å². The lowest BCUT2D eigenvalue weighted by Crippen LogP contribution is -2.22. The smallest absolute Gasteiger partial charge is 0.307 e. The van der Waals surface area contributed by atoms with E-state index in [-0.39, 0.29) is 10.6 Å². The zero-order valence-electron chi connectivity index (χ0n) is 17.8. The van der Waals surface area contributed by atoms with E-state index in [4.69, 9.17) is 0 Å². The third-order valence-corrected chi connectivity index (χ3v) is 6.95. The van der Waals surface area contributed by atoms with Gasteiger partial charge in [-0.1, -0.05) is 36.4 Å². The van der Waals surface area contributed by atoms with Crippen molar-refractivity contribution in [3.8, 4) is 11.1 Å². The number of nitrogens with one attached hydrogen (secondary N) is 3. The molecule has 4 aromatic rings. The van der Waals surface area contributed by atoms with Crippen molar-refractivity contribution in [1.82, 2.24) is 0 Å². The molecule has 0 fully saturated rings. The molecule has 180 valence electrons. The van der Waals surface area contributed by atoms with Gasteiger partial charge in [0.2, 0.25) is 0 Å². The van der Waals surface area contributed by atoms with E-state index in [9.17, 15) is 26.4 Å². The first kappa shape index (κ1) is 24.3. The Balaban J connectivity index is 1.66. The van der Waals surface area contributed by atoms with Crippen LogP contribution >= 0.6 is 11.3 Å². The number of carbonyl (C=O) groups is 1. The quantitative estimate of drug-likeness (QED) is 0.261. The van der Waals surface area contributed by atoms with Gasteiger partial charge in [0.15, 0.2) is 0 Å². The first-order valence-corrected chi connectivity index (χ1v) is 12.5. The molecular weight excluding hydrogens is 499 g/mol. The summed E-state index contributed by atoms with van der Waals surface area (Å²) < 4.78 is 68.2. The predicted molar refractivity (Wildman–Crippen MR) is 131 cm³/mol. The number of rotatable bonds is 6. The lowest BCUT2D eigenvalue weighted by molar-refractivity contribution is -0.136. The molecule has 4 rings (SSSR count). The Labute approximate surface area is 203 Å². The van der Waals surface area contributed by atoms with Crippen LogP contribution in [0.1, 0.15) is 5.56 Å². The lowest BCUT2D eigenvalue weighted by Gasteiger charge is -2.16. The van der Waals surface area contributed by atoms with Crippen LogP contribution in [0.3, 0.4) is 0 Å². The van der Waals surface area contributed by atoms with Crippen LogP contribution < -0.4 is 15.4 Å². The summed E-state index contributed by atoms with van der Waals surface area (Å²) in [6, 6.07) is 17.8. The molecule has 0 radical (unpaired) electrons. The third-order valence-electron chi connectivity index (χ3n) is 4.89. The van der Waals surface area contributed by atoms with Crippen LogP contribution in [0.2, 0.25) is 0 Å². The minimum Gasteiger partial charge on any atom is -0.307 e. The second-order valence-corrected chi connectivity index (χ2v) is 9.78. The van der Waals surface area contributed by atoms with Gasteiger partial charge in [0.1, 0.15) is 0 Å². The molecular formula is C24H18F3N3O3S2. The number of para-hydroxylation sites is 2. The van der Waals surface area contributed by atoms with E-state index in [1.807, 2.05) is 0 Å². The summed E-state index contributed by atoms with van der Waals surface area (Å²) in [5.74, 6) is 0. The average Bonchev–Trinajstić information content (AvgIpc) is 3.34. The predicted octanol–water partition coefficient (Wildman–Crippen LogP) is 6.88. The molecule has 0 aliphatic heterocycles. The molecule has 0 aliphatic carbocycles. The van der Waals surface area contributed by atoms with Crippen LogP contribution in [0.4, 0.5) is 35.0 Å². The van der Waals surface area contributed by atoms with E-state index in [2.05, 4.69) is 15.4 Å². The number of hydrogen-bond donors (Lipinski definition) is 3. The molecule has 6 nitrogen and oxygen atoms in total. The Kier molecular flexibility index (Phi) is 6.81. The van der Waals surface area contributed by atoms with E-state index in [1.54, 1.807) is 47.2 Å². The summed E-state index contributed by atoms with van der Waals surface area (Å²) in [4.78, 5) is 12.5. The monoisotopic (exact) mass is 517 g/mol. The van der Waals surface area contributed by atoms with Crippen molar-refractivity contribution < 1.29 is 26.4 Å². The number of halogens is 3. The molecule has 0 aliphatic rings. The van der Waals surface area contributed by atoms with Crippen LogP contribution in [-0.4, -0.2) is 14.4 Å². The zero-order valence-corrected chi connectivity index (χ0v) is 19.5. The molecule has 0 unspecified atom stereocenters. The maximum atomic E-state index is 13.3. The Hall–Kier alpha value is -3.83. The Morgan fingerprint density at radius 2 is 1.51 bits per heavy atom. The maximum absolute atomic E-state index is 13.3. The second kappa shape index (κ2) is 9.80. The molecule has 0 saturated carbocycles. The van der Waals surface area contributed by atoms with E-state index in [1.165, 1.54) is 41.7 Å². The van der Waals surface area contributed by atoms with Crippen molar-refractivity contribution in [2.24, 2.45) is 0 Å². The van der Waals surface area contributed by atoms with Crippen molar-refractivity contribution in [2.75, 3.05) is 15.4 Å². The van der Waals surface area contributed by atoms with Gasteiger partial charge in [-0.05, 0) is 58.8 Å². The van der Waals surface area contributed by atoms with Crippen molar-refractivity contribution in [3.05, 3.63) is 95.2 Å². The minimum atomic E-state index is -4.66. The van der Waals surface area contributed by atoms with Gasteiger partial charge in [-0.3, -0.25) is 4.72 Å². The number of alkyl halides is 3. The lowest BCUT2D eigenvalue weighted by atomic mass is 10.1. The molecule has 3 aromatic carbocycles. The van der Waals surface area contributed by atoms with E-state index in [0.29, 0.717) is 16.8 Å². The zero-order chi connectivity index (χ0) is 25.1. The largest absolute Gasteiger partial charge is 0.418 e. The molecule has 0 bridgehead atoms. The van der Waals surface area contributed by atoms with Gasteiger partial charge in [-0.25, -0.2) is 13.2 Å². The average molecular weight is 518 g/mol. The normalized spacial score (nSPS) is 11.6. The number of hydrogen-bond acceptors (Lipinski definition) is 4. The SMILES string of the molecule is O=C(Nc1cc(S(=O)(=O)Nc2ccccc2)ccc1-c1ccsc1)Nc1ccccc1C(F)(F)F. The highest BCUT2D eigenvalue weighted by Crippen LogP contribution is 2.35. The standard InChI is InChI=1S/C24H18F3N3O3S2/c25-24(26,27)20-8-4-5-9-21(20)28-23(31)29-22-14-18(10-11-19(22)16-12-13-34-15-16)35(32,33)30-17-6-2-1-3-7-17/h1-15,30H,(H2,28,29,31). The Bertz CT molecular complexity index is 1440. The van der Waals surface area contributed by atoms with Gasteiger partial charge in [-0.2, -0.15) is 24.5 Å². The number of amides is 2. The highest BCUT2D eigenvalue weighted by atomic mass is 32.2. The Morgan fingerprint density at radius 3 is 2.20 bits per heavy atom. The fourth-order valence-corrected chi connectivity index (χ4v) is 5.04. The summed E-state index contributed by atoms with van der Waals surface area (Å²) in [6.45, 7) is 0. The van der Waals surface area contributed by atoms with Crippen LogP contribution in [-0.2, 0) is 16.2 Å². The van der Waals surface area contributed by atoms with Crippen LogP contribution in [0.25, 0.3) is 11.1 Å². The summed E-state index contributed by atoms with van der Waals surface area (Å²) in [6.07, 6.45) is -4.66. The molecule has 11 heteroatoms. The van der Waals surface area contributed by atoms with Gasteiger partial charge in [0.25, 0.3) is 10.0 Å². The first-order chi connectivity index (χ1) is 16.6. The van der Waals surface area contributed by atoms with Crippen molar-refractivity contribution in [2.45, 2.75) is 11.1 Å². The summed E-state index contributed by atoms with van der Waals surface area (Å²) in [7, 11) is -4.01. The van der Waals surface area contributed by atoms with Gasteiger partial charge >= 0.3 is 12.2 Å². The number of sulfonamides is 1. The minimum absolute atomic E-state index is 0.112. The summed E-state index contributed by atoms with van der Waals surface area (Å²) >= 11 is 1.40. The summed E-state index contributed by atoms with van der Waals surface area (Å²) in [5.41, 5.74) is 0.248. The van der Waals surface area contributed by atoms with Crippen LogP contribution in [0, 0.1) is 0 Å². The molecule has 0 atom stereocenters. The Morgan fingerprint density at radius 1 is 0.829 bits per heavy atom. The van der Waals surface area contributed by atoms with Gasteiger partial charge in [0.05, 0.1) is 21.8 Å². The number of thiophene rings is 1. The molecule has 0 spiro atoms. The number of carbonyl (C=O) groups excluding carboxylic acids is 1. The third kappa shape index (κ3) is 5.81. The van der Waals surface area contributed by atoms with Gasteiger partial charge < -0.3 is 10.6 Å². The fraction of sp³-hybridized carbons (Fsp3) is 0.0417. The van der Waals surface area contributed by atoms with E-state index < -0.39 is 33.5 Å². The van der Waals surface area contributed by atoms with Crippen molar-refractivity contribution in [3.63, 3.8) is 0 Å². The highest BCUT2D eigenvalue weighted by molar-refractivity contribution is 7.92. The molecule has 1 heterocycles. The molecule has 2 amide bonds. The molecule has 1 aromatic heterocycles. The number of urea groups is 1.